The maximum atomic E-state index is 12.7. The number of benzene rings is 1. The number of ether oxygens (including phenoxy) is 2. The molecule has 0 saturated carbocycles. The molecule has 33 heavy (non-hydrogen) atoms. The molecule has 2 aromatic heterocycles. The van der Waals surface area contributed by atoms with Crippen molar-refractivity contribution in [1.29, 1.82) is 0 Å². The number of carbonyl (C=O) groups is 3. The van der Waals surface area contributed by atoms with Gasteiger partial charge in [0.2, 0.25) is 5.95 Å². The van der Waals surface area contributed by atoms with Gasteiger partial charge in [-0.1, -0.05) is 24.3 Å². The van der Waals surface area contributed by atoms with Crippen molar-refractivity contribution in [3.63, 3.8) is 0 Å². The highest BCUT2D eigenvalue weighted by molar-refractivity contribution is 5.98. The quantitative estimate of drug-likeness (QED) is 0.310. The summed E-state index contributed by atoms with van der Waals surface area (Å²) in [5.41, 5.74) is 8.00. The molecule has 10 heteroatoms. The van der Waals surface area contributed by atoms with Crippen LogP contribution in [0.15, 0.2) is 35.3 Å². The van der Waals surface area contributed by atoms with Crippen molar-refractivity contribution in [2.75, 3.05) is 20.0 Å². The molecule has 1 aromatic carbocycles. The lowest BCUT2D eigenvalue weighted by Gasteiger charge is -2.13. The Morgan fingerprint density at radius 3 is 2.48 bits per heavy atom. The van der Waals surface area contributed by atoms with Gasteiger partial charge in [0, 0.05) is 24.6 Å². The van der Waals surface area contributed by atoms with E-state index in [-0.39, 0.29) is 36.6 Å². The molecule has 0 amide bonds. The van der Waals surface area contributed by atoms with E-state index in [0.29, 0.717) is 29.4 Å². The predicted octanol–water partition coefficient (Wildman–Crippen LogP) is 1.93. The Morgan fingerprint density at radius 2 is 1.82 bits per heavy atom. The number of Topliss-reactive ketones (excluding diaryl/α,β-unsaturated/α-hetero) is 1. The summed E-state index contributed by atoms with van der Waals surface area (Å²) in [6.07, 6.45) is 3.13. The molecule has 4 N–H and O–H groups in total. The van der Waals surface area contributed by atoms with Gasteiger partial charge in [-0.3, -0.25) is 24.2 Å². The van der Waals surface area contributed by atoms with Crippen LogP contribution in [0.5, 0.6) is 0 Å². The number of nitrogens with one attached hydrogen (secondary N) is 2. The molecule has 3 rings (SSSR count). The fourth-order valence-electron chi connectivity index (χ4n) is 3.66. The highest BCUT2D eigenvalue weighted by atomic mass is 16.5. The number of rotatable bonds is 10. The number of nitrogen functional groups attached to an aromatic ring is 1. The molecule has 0 aliphatic heterocycles. The summed E-state index contributed by atoms with van der Waals surface area (Å²) in [6, 6.07) is 7.08. The van der Waals surface area contributed by atoms with E-state index in [2.05, 4.69) is 19.7 Å². The maximum absolute atomic E-state index is 12.7. The Hall–Kier alpha value is -3.95. The minimum Gasteiger partial charge on any atom is -0.469 e. The summed E-state index contributed by atoms with van der Waals surface area (Å²) >= 11 is 0. The van der Waals surface area contributed by atoms with Crippen molar-refractivity contribution in [3.8, 4) is 0 Å². The number of anilines is 1. The monoisotopic (exact) mass is 454 g/mol. The number of carbonyl (C=O) groups excluding carboxylic acids is 3. The van der Waals surface area contributed by atoms with Crippen LogP contribution in [-0.4, -0.2) is 46.9 Å². The topological polar surface area (TPSA) is 157 Å². The van der Waals surface area contributed by atoms with Gasteiger partial charge in [0.1, 0.15) is 5.65 Å². The van der Waals surface area contributed by atoms with Gasteiger partial charge in [0.25, 0.3) is 5.56 Å². The average Bonchev–Trinajstić information content (AvgIpc) is 3.22. The Kier molecular flexibility index (Phi) is 7.60. The van der Waals surface area contributed by atoms with Gasteiger partial charge < -0.3 is 20.2 Å². The number of hydrogen-bond acceptors (Lipinski definition) is 8. The number of H-pyrrole nitrogens is 2. The van der Waals surface area contributed by atoms with E-state index in [0.717, 1.165) is 11.1 Å². The molecule has 0 fully saturated rings. The number of methoxy groups -OCH3 is 2. The van der Waals surface area contributed by atoms with E-state index < -0.39 is 17.9 Å². The van der Waals surface area contributed by atoms with Crippen LogP contribution in [0, 0.1) is 5.92 Å². The van der Waals surface area contributed by atoms with Crippen molar-refractivity contribution in [1.82, 2.24) is 15.0 Å². The first-order chi connectivity index (χ1) is 15.8. The van der Waals surface area contributed by atoms with E-state index in [1.165, 1.54) is 14.2 Å². The molecular weight excluding hydrogens is 428 g/mol. The van der Waals surface area contributed by atoms with Crippen LogP contribution >= 0.6 is 0 Å². The number of aromatic amines is 2. The minimum absolute atomic E-state index is 0.0290. The number of aromatic nitrogens is 3. The van der Waals surface area contributed by atoms with Crippen LogP contribution < -0.4 is 11.3 Å². The number of aryl methyl sites for hydroxylation is 2. The Morgan fingerprint density at radius 1 is 1.09 bits per heavy atom. The standard InChI is InChI=1S/C23H26N4O6/c1-32-18(29)10-9-15(22(31)33-2)11-17(28)14-6-3-13(4-7-14)5-8-16-12-25-20-19(16)21(30)27-23(24)26-20/h3-4,6-7,12,15H,5,8-11H2,1-2H3,(H4,24,25,26,27,30)/t15-/m1/s1. The molecule has 0 aliphatic rings. The molecule has 1 atom stereocenters. The summed E-state index contributed by atoms with van der Waals surface area (Å²) < 4.78 is 9.36. The second-order valence-corrected chi connectivity index (χ2v) is 7.65. The lowest BCUT2D eigenvalue weighted by atomic mass is 9.93. The maximum Gasteiger partial charge on any atom is 0.309 e. The van der Waals surface area contributed by atoms with Crippen molar-refractivity contribution >= 4 is 34.7 Å². The number of esters is 2. The van der Waals surface area contributed by atoms with Crippen LogP contribution in [0.3, 0.4) is 0 Å². The fraction of sp³-hybridized carbons (Fsp3) is 0.348. The first-order valence-electron chi connectivity index (χ1n) is 10.4. The smallest absolute Gasteiger partial charge is 0.309 e. The van der Waals surface area contributed by atoms with E-state index in [9.17, 15) is 19.2 Å². The SMILES string of the molecule is COC(=O)CC[C@H](CC(=O)c1ccc(CCc2c[nH]c3nc(N)[nH]c(=O)c23)cc1)C(=O)OC. The summed E-state index contributed by atoms with van der Waals surface area (Å²) in [7, 11) is 2.52. The minimum atomic E-state index is -0.719. The number of nitrogens with zero attached hydrogens (tertiary/aromatic N) is 1. The number of fused-ring (bicyclic) bond motifs is 1. The molecule has 0 spiro atoms. The predicted molar refractivity (Wildman–Crippen MR) is 121 cm³/mol. The summed E-state index contributed by atoms with van der Waals surface area (Å²) in [4.78, 5) is 57.8. The molecule has 2 heterocycles. The van der Waals surface area contributed by atoms with Gasteiger partial charge in [-0.25, -0.2) is 0 Å². The van der Waals surface area contributed by atoms with Crippen molar-refractivity contribution in [2.24, 2.45) is 5.92 Å². The third-order valence-corrected chi connectivity index (χ3v) is 5.49. The third kappa shape index (κ3) is 5.85. The summed E-state index contributed by atoms with van der Waals surface area (Å²) in [5.74, 6) is -1.86. The molecular formula is C23H26N4O6. The van der Waals surface area contributed by atoms with Gasteiger partial charge in [-0.05, 0) is 30.4 Å². The third-order valence-electron chi connectivity index (χ3n) is 5.49. The number of ketones is 1. The van der Waals surface area contributed by atoms with Crippen LogP contribution in [0.4, 0.5) is 5.95 Å². The molecule has 3 aromatic rings. The zero-order valence-corrected chi connectivity index (χ0v) is 18.5. The molecule has 0 unspecified atom stereocenters. The van der Waals surface area contributed by atoms with Gasteiger partial charge in [-0.2, -0.15) is 4.98 Å². The number of nitrogens with two attached hydrogens (primary N) is 1. The van der Waals surface area contributed by atoms with Gasteiger partial charge in [0.15, 0.2) is 5.78 Å². The van der Waals surface area contributed by atoms with E-state index >= 15 is 0 Å². The largest absolute Gasteiger partial charge is 0.469 e. The van der Waals surface area contributed by atoms with Crippen LogP contribution in [-0.2, 0) is 31.9 Å². The molecule has 0 radical (unpaired) electrons. The normalized spacial score (nSPS) is 11.8. The number of hydrogen-bond donors (Lipinski definition) is 3. The summed E-state index contributed by atoms with van der Waals surface area (Å²) in [5, 5.41) is 0.483. The van der Waals surface area contributed by atoms with Crippen LogP contribution in [0.2, 0.25) is 0 Å². The molecule has 174 valence electrons. The first-order valence-corrected chi connectivity index (χ1v) is 10.4. The van der Waals surface area contributed by atoms with Gasteiger partial charge in [-0.15, -0.1) is 0 Å². The van der Waals surface area contributed by atoms with Gasteiger partial charge >= 0.3 is 11.9 Å². The Labute approximate surface area is 189 Å². The lowest BCUT2D eigenvalue weighted by molar-refractivity contribution is -0.146. The Balaban J connectivity index is 1.63. The fourth-order valence-corrected chi connectivity index (χ4v) is 3.66. The van der Waals surface area contributed by atoms with Crippen molar-refractivity contribution < 1.29 is 23.9 Å². The first kappa shape index (κ1) is 23.7. The lowest BCUT2D eigenvalue weighted by Crippen LogP contribution is -2.21. The zero-order valence-electron chi connectivity index (χ0n) is 18.5. The van der Waals surface area contributed by atoms with E-state index in [1.807, 2.05) is 12.1 Å². The molecule has 10 nitrogen and oxygen atoms in total. The second kappa shape index (κ2) is 10.6. The molecule has 0 aliphatic carbocycles. The molecule has 0 saturated heterocycles. The van der Waals surface area contributed by atoms with Gasteiger partial charge in [0.05, 0.1) is 25.5 Å². The van der Waals surface area contributed by atoms with Crippen molar-refractivity contribution in [3.05, 3.63) is 57.5 Å². The average molecular weight is 454 g/mol. The second-order valence-electron chi connectivity index (χ2n) is 7.65. The van der Waals surface area contributed by atoms with E-state index in [4.69, 9.17) is 10.5 Å². The van der Waals surface area contributed by atoms with Crippen LogP contribution in [0.25, 0.3) is 11.0 Å². The van der Waals surface area contributed by atoms with Crippen molar-refractivity contribution in [2.45, 2.75) is 32.1 Å². The van der Waals surface area contributed by atoms with E-state index in [1.54, 1.807) is 18.3 Å². The van der Waals surface area contributed by atoms with Crippen LogP contribution in [0.1, 0.15) is 40.7 Å². The zero-order chi connectivity index (χ0) is 24.0. The summed E-state index contributed by atoms with van der Waals surface area (Å²) in [6.45, 7) is 0. The molecule has 0 bridgehead atoms. The highest BCUT2D eigenvalue weighted by Gasteiger charge is 2.24. The Bertz CT molecular complexity index is 1210. The highest BCUT2D eigenvalue weighted by Crippen LogP contribution is 2.19.